The van der Waals surface area contributed by atoms with Gasteiger partial charge in [-0.05, 0) is 91.8 Å². The molecule has 0 saturated heterocycles. The van der Waals surface area contributed by atoms with Gasteiger partial charge in [0.05, 0.1) is 10.4 Å². The monoisotopic (exact) mass is 538 g/mol. The zero-order valence-electron chi connectivity index (χ0n) is 22.2. The Bertz CT molecular complexity index is 797. The molecule has 10 atom stereocenters. The second kappa shape index (κ2) is 9.47. The number of esters is 1. The molecule has 0 amide bonds. The molecular weight excluding hydrogens is 492 g/mol. The Morgan fingerprint density at radius 2 is 1.76 bits per heavy atom. The molecular formula is C29H47BrO4. The van der Waals surface area contributed by atoms with Crippen molar-refractivity contribution in [2.75, 3.05) is 0 Å². The van der Waals surface area contributed by atoms with Gasteiger partial charge in [0, 0.05) is 25.7 Å². The fraction of sp³-hybridized carbons (Fsp3) is 0.931. The van der Waals surface area contributed by atoms with Gasteiger partial charge in [0.1, 0.15) is 11.9 Å². The van der Waals surface area contributed by atoms with E-state index in [2.05, 4.69) is 36.7 Å². The van der Waals surface area contributed by atoms with Crippen LogP contribution in [0, 0.1) is 46.3 Å². The minimum Gasteiger partial charge on any atom is -0.463 e. The third-order valence-electron chi connectivity index (χ3n) is 11.3. The zero-order valence-corrected chi connectivity index (χ0v) is 23.8. The lowest BCUT2D eigenvalue weighted by molar-refractivity contribution is -0.170. The lowest BCUT2D eigenvalue weighted by Crippen LogP contribution is -2.66. The van der Waals surface area contributed by atoms with Crippen molar-refractivity contribution in [2.24, 2.45) is 46.3 Å². The third kappa shape index (κ3) is 4.23. The van der Waals surface area contributed by atoms with Crippen LogP contribution in [0.3, 0.4) is 0 Å². The maximum atomic E-state index is 12.3. The van der Waals surface area contributed by atoms with E-state index in [-0.39, 0.29) is 27.7 Å². The van der Waals surface area contributed by atoms with Crippen molar-refractivity contribution in [1.29, 1.82) is 0 Å². The van der Waals surface area contributed by atoms with E-state index in [0.29, 0.717) is 53.6 Å². The predicted molar refractivity (Wildman–Crippen MR) is 139 cm³/mol. The average Bonchev–Trinajstić information content (AvgIpc) is 3.11. The van der Waals surface area contributed by atoms with Gasteiger partial charge in [-0.2, -0.15) is 0 Å². The molecule has 1 N–H and O–H groups in total. The normalized spacial score (nSPS) is 46.9. The van der Waals surface area contributed by atoms with E-state index in [1.165, 1.54) is 32.6 Å². The summed E-state index contributed by atoms with van der Waals surface area (Å²) in [7, 11) is 0. The summed E-state index contributed by atoms with van der Waals surface area (Å²) in [6.07, 6.45) is 9.67. The Morgan fingerprint density at radius 1 is 1.06 bits per heavy atom. The molecule has 0 aromatic heterocycles. The van der Waals surface area contributed by atoms with Gasteiger partial charge in [-0.1, -0.05) is 50.5 Å². The molecule has 0 unspecified atom stereocenters. The van der Waals surface area contributed by atoms with Crippen LogP contribution in [0.2, 0.25) is 0 Å². The summed E-state index contributed by atoms with van der Waals surface area (Å²) >= 11 is 4.08. The Kier molecular flexibility index (Phi) is 7.42. The number of rotatable bonds is 6. The van der Waals surface area contributed by atoms with Crippen LogP contribution >= 0.6 is 15.9 Å². The molecule has 4 fully saturated rings. The molecule has 0 spiro atoms. The fourth-order valence-electron chi connectivity index (χ4n) is 9.37. The van der Waals surface area contributed by atoms with Gasteiger partial charge in [-0.25, -0.2) is 0 Å². The third-order valence-corrected chi connectivity index (χ3v) is 13.1. The summed E-state index contributed by atoms with van der Waals surface area (Å²) in [5.74, 6) is 3.40. The molecule has 0 aromatic rings. The molecule has 34 heavy (non-hydrogen) atoms. The van der Waals surface area contributed by atoms with Crippen LogP contribution in [-0.4, -0.2) is 33.4 Å². The van der Waals surface area contributed by atoms with Gasteiger partial charge < -0.3 is 9.84 Å². The second-order valence-corrected chi connectivity index (χ2v) is 14.7. The first-order valence-corrected chi connectivity index (χ1v) is 14.7. The van der Waals surface area contributed by atoms with E-state index in [1.54, 1.807) is 0 Å². The minimum absolute atomic E-state index is 0.0146. The molecule has 4 rings (SSSR count). The quantitative estimate of drug-likeness (QED) is 0.301. The zero-order chi connectivity index (χ0) is 25.1. The number of carbonyl (C=O) groups excluding carboxylic acids is 2. The van der Waals surface area contributed by atoms with Gasteiger partial charge in [0.2, 0.25) is 0 Å². The summed E-state index contributed by atoms with van der Waals surface area (Å²) in [4.78, 5) is 23.9. The molecule has 0 aliphatic heterocycles. The highest BCUT2D eigenvalue weighted by Gasteiger charge is 2.67. The van der Waals surface area contributed by atoms with Gasteiger partial charge in [0.15, 0.2) is 0 Å². The number of hydrogen-bond acceptors (Lipinski definition) is 4. The van der Waals surface area contributed by atoms with E-state index in [1.807, 2.05) is 13.8 Å². The fourth-order valence-corrected chi connectivity index (χ4v) is 10.4. The van der Waals surface area contributed by atoms with E-state index >= 15 is 0 Å². The first-order chi connectivity index (χ1) is 15.8. The summed E-state index contributed by atoms with van der Waals surface area (Å²) in [5, 5.41) is 11.6. The smallest absolute Gasteiger partial charge is 0.302 e. The number of aliphatic hydroxyl groups excluding tert-OH is 1. The molecule has 5 heteroatoms. The lowest BCUT2D eigenvalue weighted by Gasteiger charge is -2.65. The summed E-state index contributed by atoms with van der Waals surface area (Å²) in [6, 6.07) is 0. The number of hydrogen-bond donors (Lipinski definition) is 1. The van der Waals surface area contributed by atoms with Gasteiger partial charge in [-0.3, -0.25) is 9.59 Å². The number of aliphatic hydroxyl groups is 1. The second-order valence-electron chi connectivity index (χ2n) is 13.2. The molecule has 4 saturated carbocycles. The van der Waals surface area contributed by atoms with Gasteiger partial charge >= 0.3 is 5.97 Å². The summed E-state index contributed by atoms with van der Waals surface area (Å²) in [5.41, 5.74) is 0.333. The number of alkyl halides is 1. The molecule has 4 aliphatic rings. The maximum Gasteiger partial charge on any atom is 0.302 e. The van der Waals surface area contributed by atoms with Crippen molar-refractivity contribution in [2.45, 2.75) is 122 Å². The number of Topliss-reactive ketones (excluding diaryl/α,β-unsaturated/α-hetero) is 1. The molecule has 4 nitrogen and oxygen atoms in total. The molecule has 0 radical (unpaired) electrons. The van der Waals surface area contributed by atoms with Gasteiger partial charge in [-0.15, -0.1) is 0 Å². The Morgan fingerprint density at radius 3 is 2.41 bits per heavy atom. The van der Waals surface area contributed by atoms with Crippen LogP contribution in [-0.2, 0) is 14.3 Å². The first-order valence-electron chi connectivity index (χ1n) is 13.9. The minimum atomic E-state index is -0.417. The topological polar surface area (TPSA) is 63.6 Å². The van der Waals surface area contributed by atoms with Crippen molar-refractivity contribution >= 4 is 27.7 Å². The highest BCUT2D eigenvalue weighted by Crippen LogP contribution is 2.70. The predicted octanol–water partition coefficient (Wildman–Crippen LogP) is 6.71. The molecule has 0 aromatic carbocycles. The van der Waals surface area contributed by atoms with Crippen molar-refractivity contribution < 1.29 is 19.4 Å². The van der Waals surface area contributed by atoms with E-state index in [4.69, 9.17) is 4.74 Å². The number of fused-ring (bicyclic) bond motifs is 5. The van der Waals surface area contributed by atoms with E-state index in [9.17, 15) is 14.7 Å². The maximum absolute atomic E-state index is 12.3. The van der Waals surface area contributed by atoms with Gasteiger partial charge in [0.25, 0.3) is 0 Å². The Balaban J connectivity index is 1.51. The van der Waals surface area contributed by atoms with Crippen LogP contribution < -0.4 is 0 Å². The number of ether oxygens (including phenoxy) is 1. The summed E-state index contributed by atoms with van der Waals surface area (Å²) < 4.78 is 5.23. The SMILES string of the molecule is CC(=O)O[C@H]1CC[C@]2(C)[C@H]3CC[C@]4(C)[C@@H]([C@H](C)CCC(=O)C(C)C)CC[C@H]4[C@@H]3C[C@@H](O)[C@@]2(Br)C1. The molecule has 4 aliphatic carbocycles. The van der Waals surface area contributed by atoms with E-state index in [0.717, 1.165) is 25.7 Å². The largest absolute Gasteiger partial charge is 0.463 e. The lowest BCUT2D eigenvalue weighted by atomic mass is 9.43. The standard InChI is InChI=1S/C29H47BrO4/c1-17(2)25(32)10-7-18(3)22-8-9-23-21-15-26(33)29(30)16-20(34-19(4)31)11-14-28(29,6)24(21)12-13-27(22,23)5/h17-18,20-24,26,33H,7-16H2,1-6H3/t18-,20+,21+,22-,23+,24+,26-,27-,28-,29+/m1/s1. The molecule has 0 bridgehead atoms. The number of carbonyl (C=O) groups is 2. The Hall–Kier alpha value is -0.420. The van der Waals surface area contributed by atoms with Crippen molar-refractivity contribution in [3.8, 4) is 0 Å². The van der Waals surface area contributed by atoms with Crippen molar-refractivity contribution in [1.82, 2.24) is 0 Å². The van der Waals surface area contributed by atoms with Crippen LogP contribution in [0.4, 0.5) is 0 Å². The number of ketones is 1. The Labute approximate surface area is 215 Å². The molecule has 0 heterocycles. The first kappa shape index (κ1) is 26.6. The van der Waals surface area contributed by atoms with Crippen LogP contribution in [0.1, 0.15) is 106 Å². The molecule has 194 valence electrons. The van der Waals surface area contributed by atoms with Crippen molar-refractivity contribution in [3.05, 3.63) is 0 Å². The van der Waals surface area contributed by atoms with Crippen LogP contribution in [0.5, 0.6) is 0 Å². The van der Waals surface area contributed by atoms with Crippen LogP contribution in [0.25, 0.3) is 0 Å². The van der Waals surface area contributed by atoms with Crippen LogP contribution in [0.15, 0.2) is 0 Å². The number of halogens is 1. The van der Waals surface area contributed by atoms with Crippen molar-refractivity contribution in [3.63, 3.8) is 0 Å². The average molecular weight is 540 g/mol. The highest BCUT2D eigenvalue weighted by molar-refractivity contribution is 9.10. The highest BCUT2D eigenvalue weighted by atomic mass is 79.9. The summed E-state index contributed by atoms with van der Waals surface area (Å²) in [6.45, 7) is 12.8. The van der Waals surface area contributed by atoms with E-state index < -0.39 is 6.10 Å².